The van der Waals surface area contributed by atoms with Crippen LogP contribution in [0.3, 0.4) is 0 Å². The van der Waals surface area contributed by atoms with E-state index in [2.05, 4.69) is 30.1 Å². The van der Waals surface area contributed by atoms with Gasteiger partial charge in [-0.05, 0) is 55.5 Å². The number of piperidine rings is 1. The van der Waals surface area contributed by atoms with Gasteiger partial charge in [0.15, 0.2) is 0 Å². The number of carbonyl (C=O) groups excluding carboxylic acids is 1. The number of carbonyl (C=O) groups is 1. The summed E-state index contributed by atoms with van der Waals surface area (Å²) in [4.78, 5) is 18.7. The van der Waals surface area contributed by atoms with Crippen molar-refractivity contribution in [3.8, 4) is 0 Å². The zero-order valence-corrected chi connectivity index (χ0v) is 19.8. The lowest BCUT2D eigenvalue weighted by atomic mass is 9.87. The SMILES string of the molecule is CCN(CC)S(=O)(=O)c1cccc(C(=O)N2CCC(c3c(C)[nH]c4ccccc34)CC2)c1. The van der Waals surface area contributed by atoms with Gasteiger partial charge in [0, 0.05) is 48.3 Å². The molecule has 170 valence electrons. The predicted octanol–water partition coefficient (Wildman–Crippen LogP) is 4.53. The van der Waals surface area contributed by atoms with Crippen LogP contribution in [0.25, 0.3) is 10.9 Å². The number of hydrogen-bond donors (Lipinski definition) is 1. The fraction of sp³-hybridized carbons (Fsp3) is 0.400. The number of sulfonamides is 1. The minimum absolute atomic E-state index is 0.101. The van der Waals surface area contributed by atoms with Crippen LogP contribution in [0.1, 0.15) is 54.2 Å². The van der Waals surface area contributed by atoms with Gasteiger partial charge in [0.25, 0.3) is 5.91 Å². The monoisotopic (exact) mass is 453 g/mol. The Morgan fingerprint density at radius 1 is 1.06 bits per heavy atom. The van der Waals surface area contributed by atoms with E-state index < -0.39 is 10.0 Å². The van der Waals surface area contributed by atoms with Crippen molar-refractivity contribution < 1.29 is 13.2 Å². The number of nitrogens with one attached hydrogen (secondary N) is 1. The average molecular weight is 454 g/mol. The van der Waals surface area contributed by atoms with E-state index in [4.69, 9.17) is 0 Å². The summed E-state index contributed by atoms with van der Waals surface area (Å²) in [7, 11) is -3.59. The average Bonchev–Trinajstić information content (AvgIpc) is 3.15. The molecule has 0 aliphatic carbocycles. The molecule has 2 aromatic carbocycles. The molecule has 0 atom stereocenters. The minimum atomic E-state index is -3.59. The van der Waals surface area contributed by atoms with Crippen LogP contribution in [0.2, 0.25) is 0 Å². The Balaban J connectivity index is 1.50. The summed E-state index contributed by atoms with van der Waals surface area (Å²) >= 11 is 0. The number of aryl methyl sites for hydroxylation is 1. The molecule has 4 rings (SSSR count). The summed E-state index contributed by atoms with van der Waals surface area (Å²) in [6.45, 7) is 7.88. The van der Waals surface area contributed by atoms with Crippen molar-refractivity contribution in [2.24, 2.45) is 0 Å². The molecule has 1 aromatic heterocycles. The van der Waals surface area contributed by atoms with Crippen molar-refractivity contribution in [1.29, 1.82) is 0 Å². The van der Waals surface area contributed by atoms with Crippen LogP contribution in [0.15, 0.2) is 53.4 Å². The van der Waals surface area contributed by atoms with E-state index in [0.29, 0.717) is 37.7 Å². The minimum Gasteiger partial charge on any atom is -0.358 e. The highest BCUT2D eigenvalue weighted by Gasteiger charge is 2.28. The van der Waals surface area contributed by atoms with E-state index in [0.717, 1.165) is 18.4 Å². The molecule has 6 nitrogen and oxygen atoms in total. The topological polar surface area (TPSA) is 73.5 Å². The molecule has 0 saturated carbocycles. The zero-order chi connectivity index (χ0) is 22.9. The van der Waals surface area contributed by atoms with Crippen molar-refractivity contribution in [2.75, 3.05) is 26.2 Å². The number of aromatic amines is 1. The largest absolute Gasteiger partial charge is 0.358 e. The molecule has 0 unspecified atom stereocenters. The van der Waals surface area contributed by atoms with Gasteiger partial charge in [0.05, 0.1) is 4.90 Å². The summed E-state index contributed by atoms with van der Waals surface area (Å²) in [6.07, 6.45) is 1.79. The van der Waals surface area contributed by atoms with Gasteiger partial charge in [-0.1, -0.05) is 38.1 Å². The van der Waals surface area contributed by atoms with Crippen molar-refractivity contribution in [3.63, 3.8) is 0 Å². The Labute approximate surface area is 190 Å². The fourth-order valence-electron chi connectivity index (χ4n) is 4.88. The molecular weight excluding hydrogens is 422 g/mol. The number of fused-ring (bicyclic) bond motifs is 1. The number of hydrogen-bond acceptors (Lipinski definition) is 3. The molecule has 2 heterocycles. The number of rotatable bonds is 6. The van der Waals surface area contributed by atoms with Crippen molar-refractivity contribution in [2.45, 2.75) is 44.4 Å². The first-order valence-corrected chi connectivity index (χ1v) is 12.8. The smallest absolute Gasteiger partial charge is 0.253 e. The highest BCUT2D eigenvalue weighted by Crippen LogP contribution is 2.36. The van der Waals surface area contributed by atoms with Crippen LogP contribution in [-0.2, 0) is 10.0 Å². The molecule has 0 spiro atoms. The van der Waals surface area contributed by atoms with E-state index in [9.17, 15) is 13.2 Å². The van der Waals surface area contributed by atoms with E-state index in [1.165, 1.54) is 27.0 Å². The molecule has 1 fully saturated rings. The Bertz CT molecular complexity index is 1220. The third kappa shape index (κ3) is 4.07. The first-order chi connectivity index (χ1) is 15.4. The summed E-state index contributed by atoms with van der Waals surface area (Å²) in [5.41, 5.74) is 4.15. The third-order valence-electron chi connectivity index (χ3n) is 6.56. The van der Waals surface area contributed by atoms with Gasteiger partial charge in [-0.25, -0.2) is 8.42 Å². The normalized spacial score (nSPS) is 15.6. The van der Waals surface area contributed by atoms with Gasteiger partial charge in [0.1, 0.15) is 0 Å². The number of aromatic nitrogens is 1. The molecule has 1 aliphatic heterocycles. The second-order valence-corrected chi connectivity index (χ2v) is 10.3. The first-order valence-electron chi connectivity index (χ1n) is 11.3. The number of likely N-dealkylation sites (tertiary alicyclic amines) is 1. The molecule has 1 amide bonds. The highest BCUT2D eigenvalue weighted by atomic mass is 32.2. The number of H-pyrrole nitrogens is 1. The highest BCUT2D eigenvalue weighted by molar-refractivity contribution is 7.89. The van der Waals surface area contributed by atoms with Gasteiger partial charge in [-0.15, -0.1) is 0 Å². The lowest BCUT2D eigenvalue weighted by molar-refractivity contribution is 0.0713. The van der Waals surface area contributed by atoms with E-state index in [1.54, 1.807) is 18.2 Å². The second kappa shape index (κ2) is 9.08. The lowest BCUT2D eigenvalue weighted by Crippen LogP contribution is -2.38. The first kappa shape index (κ1) is 22.6. The summed E-state index contributed by atoms with van der Waals surface area (Å²) in [5.74, 6) is 0.306. The van der Waals surface area contributed by atoms with Gasteiger partial charge in [-0.3, -0.25) is 4.79 Å². The van der Waals surface area contributed by atoms with Crippen molar-refractivity contribution in [3.05, 3.63) is 65.4 Å². The van der Waals surface area contributed by atoms with E-state index >= 15 is 0 Å². The predicted molar refractivity (Wildman–Crippen MR) is 127 cm³/mol. The van der Waals surface area contributed by atoms with Crippen molar-refractivity contribution >= 4 is 26.8 Å². The molecule has 0 bridgehead atoms. The Kier molecular flexibility index (Phi) is 6.40. The fourth-order valence-corrected chi connectivity index (χ4v) is 6.38. The van der Waals surface area contributed by atoms with Crippen LogP contribution in [0.5, 0.6) is 0 Å². The maximum Gasteiger partial charge on any atom is 0.253 e. The molecule has 0 radical (unpaired) electrons. The number of para-hydroxylation sites is 1. The summed E-state index contributed by atoms with van der Waals surface area (Å²) in [5, 5.41) is 1.27. The number of amides is 1. The van der Waals surface area contributed by atoms with Crippen LogP contribution in [0, 0.1) is 6.92 Å². The van der Waals surface area contributed by atoms with E-state index in [-0.39, 0.29) is 10.8 Å². The Morgan fingerprint density at radius 2 is 1.75 bits per heavy atom. The van der Waals surface area contributed by atoms with Crippen LogP contribution < -0.4 is 0 Å². The molecule has 1 saturated heterocycles. The lowest BCUT2D eigenvalue weighted by Gasteiger charge is -2.32. The maximum absolute atomic E-state index is 13.2. The van der Waals surface area contributed by atoms with Crippen LogP contribution in [0.4, 0.5) is 0 Å². The zero-order valence-electron chi connectivity index (χ0n) is 19.0. The van der Waals surface area contributed by atoms with Gasteiger partial charge in [-0.2, -0.15) is 4.31 Å². The summed E-state index contributed by atoms with van der Waals surface area (Å²) in [6, 6.07) is 14.8. The molecule has 1 aliphatic rings. The Morgan fingerprint density at radius 3 is 2.44 bits per heavy atom. The molecule has 3 aromatic rings. The quantitative estimate of drug-likeness (QED) is 0.596. The second-order valence-electron chi connectivity index (χ2n) is 8.39. The standard InChI is InChI=1S/C25H31N3O3S/c1-4-28(5-2)32(30,31)21-10-8-9-20(17-21)25(29)27-15-13-19(14-16-27)24-18(3)26-23-12-7-6-11-22(23)24/h6-12,17,19,26H,4-5,13-16H2,1-3H3. The van der Waals surface area contributed by atoms with Gasteiger partial charge < -0.3 is 9.88 Å². The Hall–Kier alpha value is -2.64. The molecule has 32 heavy (non-hydrogen) atoms. The number of benzene rings is 2. The third-order valence-corrected chi connectivity index (χ3v) is 8.60. The van der Waals surface area contributed by atoms with Crippen LogP contribution >= 0.6 is 0 Å². The van der Waals surface area contributed by atoms with Gasteiger partial charge >= 0.3 is 0 Å². The molecular formula is C25H31N3O3S. The molecule has 1 N–H and O–H groups in total. The van der Waals surface area contributed by atoms with Crippen LogP contribution in [-0.4, -0.2) is 54.7 Å². The molecule has 7 heteroatoms. The summed E-state index contributed by atoms with van der Waals surface area (Å²) < 4.78 is 27.1. The van der Waals surface area contributed by atoms with Crippen molar-refractivity contribution in [1.82, 2.24) is 14.2 Å². The van der Waals surface area contributed by atoms with Gasteiger partial charge in [0.2, 0.25) is 10.0 Å². The maximum atomic E-state index is 13.2. The number of nitrogens with zero attached hydrogens (tertiary/aromatic N) is 2. The van der Waals surface area contributed by atoms with E-state index in [1.807, 2.05) is 24.8 Å².